The molecule has 6 heteroatoms. The van der Waals surface area contributed by atoms with Crippen molar-refractivity contribution in [2.24, 2.45) is 0 Å². The summed E-state index contributed by atoms with van der Waals surface area (Å²) in [6, 6.07) is 4.70. The molecule has 0 saturated heterocycles. The van der Waals surface area contributed by atoms with Gasteiger partial charge in [-0.15, -0.1) is 0 Å². The molecule has 116 valence electrons. The Morgan fingerprint density at radius 2 is 2.00 bits per heavy atom. The number of carbonyl (C=O) groups is 2. The number of nitrogens with one attached hydrogen (secondary N) is 1. The highest BCUT2D eigenvalue weighted by Gasteiger charge is 2.24. The lowest BCUT2D eigenvalue weighted by molar-refractivity contribution is -0.139. The molecule has 1 aromatic carbocycles. The van der Waals surface area contributed by atoms with Gasteiger partial charge in [-0.25, -0.2) is 9.59 Å². The molecule has 1 amide bonds. The van der Waals surface area contributed by atoms with E-state index in [1.54, 1.807) is 20.8 Å². The van der Waals surface area contributed by atoms with E-state index in [1.165, 1.54) is 0 Å². The van der Waals surface area contributed by atoms with Crippen LogP contribution in [0.4, 0.5) is 4.79 Å². The molecule has 21 heavy (non-hydrogen) atoms. The van der Waals surface area contributed by atoms with Crippen LogP contribution in [0.5, 0.6) is 0 Å². The third-order valence-electron chi connectivity index (χ3n) is 2.67. The Hall–Kier alpha value is -1.31. The Labute approximate surface area is 138 Å². The molecule has 0 radical (unpaired) electrons. The molecular formula is C15H20INO4. The smallest absolute Gasteiger partial charge is 0.408 e. The summed E-state index contributed by atoms with van der Waals surface area (Å²) in [4.78, 5) is 23.0. The summed E-state index contributed by atoms with van der Waals surface area (Å²) in [6.45, 7) is 7.17. The van der Waals surface area contributed by atoms with Crippen LogP contribution in [0.3, 0.4) is 0 Å². The third-order valence-corrected chi connectivity index (χ3v) is 3.83. The zero-order valence-corrected chi connectivity index (χ0v) is 14.7. The Morgan fingerprint density at radius 1 is 1.38 bits per heavy atom. The number of halogens is 1. The van der Waals surface area contributed by atoms with E-state index in [0.29, 0.717) is 0 Å². The second-order valence-electron chi connectivity index (χ2n) is 5.82. The van der Waals surface area contributed by atoms with Crippen LogP contribution in [-0.4, -0.2) is 28.8 Å². The number of ether oxygens (including phenoxy) is 1. The van der Waals surface area contributed by atoms with Crippen LogP contribution in [0.1, 0.15) is 31.9 Å². The van der Waals surface area contributed by atoms with Crippen LogP contribution in [0.2, 0.25) is 0 Å². The highest BCUT2D eigenvalue weighted by atomic mass is 127. The molecule has 0 aromatic heterocycles. The summed E-state index contributed by atoms with van der Waals surface area (Å²) < 4.78 is 6.15. The molecule has 0 heterocycles. The Morgan fingerprint density at radius 3 is 2.48 bits per heavy atom. The molecule has 0 unspecified atom stereocenters. The fraction of sp³-hybridized carbons (Fsp3) is 0.467. The van der Waals surface area contributed by atoms with Crippen molar-refractivity contribution in [1.29, 1.82) is 0 Å². The molecule has 0 aliphatic carbocycles. The van der Waals surface area contributed by atoms with Crippen molar-refractivity contribution in [3.05, 3.63) is 32.9 Å². The maximum atomic E-state index is 11.7. The summed E-state index contributed by atoms with van der Waals surface area (Å²) in [5.74, 6) is -1.09. The van der Waals surface area contributed by atoms with Crippen molar-refractivity contribution in [1.82, 2.24) is 5.32 Å². The summed E-state index contributed by atoms with van der Waals surface area (Å²) in [6.07, 6.45) is -0.512. The molecule has 0 aliphatic heterocycles. The van der Waals surface area contributed by atoms with Crippen molar-refractivity contribution >= 4 is 34.7 Å². The number of carbonyl (C=O) groups excluding carboxylic acids is 1. The van der Waals surface area contributed by atoms with Gasteiger partial charge in [-0.2, -0.15) is 0 Å². The number of carboxylic acid groups (broad SMARTS) is 1. The Bertz CT molecular complexity index is 537. The average molecular weight is 405 g/mol. The number of hydrogen-bond donors (Lipinski definition) is 2. The van der Waals surface area contributed by atoms with Crippen LogP contribution < -0.4 is 5.32 Å². The summed E-state index contributed by atoms with van der Waals surface area (Å²) in [7, 11) is 0. The topological polar surface area (TPSA) is 75.6 Å². The molecular weight excluding hydrogens is 385 g/mol. The first-order valence-electron chi connectivity index (χ1n) is 6.56. The Balaban J connectivity index is 2.76. The number of aryl methyl sites for hydroxylation is 1. The lowest BCUT2D eigenvalue weighted by Crippen LogP contribution is -2.44. The highest BCUT2D eigenvalue weighted by molar-refractivity contribution is 14.1. The van der Waals surface area contributed by atoms with Gasteiger partial charge in [-0.3, -0.25) is 0 Å². The minimum atomic E-state index is -1.09. The van der Waals surface area contributed by atoms with Gasteiger partial charge in [-0.05, 0) is 67.5 Å². The van der Waals surface area contributed by atoms with Crippen molar-refractivity contribution in [3.8, 4) is 0 Å². The maximum Gasteiger partial charge on any atom is 0.408 e. The van der Waals surface area contributed by atoms with E-state index < -0.39 is 23.7 Å². The molecule has 2 N–H and O–H groups in total. The SMILES string of the molecule is Cc1ccc(C[C@H](NC(=O)OC(C)(C)C)C(=O)O)cc1I. The summed E-state index contributed by atoms with van der Waals surface area (Å²) in [5.41, 5.74) is 1.33. The number of carboxylic acids is 1. The van der Waals surface area contributed by atoms with Crippen molar-refractivity contribution in [2.45, 2.75) is 45.8 Å². The predicted octanol–water partition coefficient (Wildman–Crippen LogP) is 3.12. The van der Waals surface area contributed by atoms with Crippen LogP contribution >= 0.6 is 22.6 Å². The minimum Gasteiger partial charge on any atom is -0.480 e. The molecule has 1 atom stereocenters. The second-order valence-corrected chi connectivity index (χ2v) is 6.99. The normalized spacial score (nSPS) is 12.6. The first-order valence-corrected chi connectivity index (χ1v) is 7.64. The van der Waals surface area contributed by atoms with E-state index in [9.17, 15) is 14.7 Å². The molecule has 0 saturated carbocycles. The number of benzene rings is 1. The largest absolute Gasteiger partial charge is 0.480 e. The fourth-order valence-corrected chi connectivity index (χ4v) is 2.23. The van der Waals surface area contributed by atoms with E-state index in [-0.39, 0.29) is 6.42 Å². The van der Waals surface area contributed by atoms with Crippen LogP contribution in [0.15, 0.2) is 18.2 Å². The highest BCUT2D eigenvalue weighted by Crippen LogP contribution is 2.15. The standard InChI is InChI=1S/C15H20INO4/c1-9-5-6-10(7-11(9)16)8-12(13(18)19)17-14(20)21-15(2,3)4/h5-7,12H,8H2,1-4H3,(H,17,20)(H,18,19)/t12-/m0/s1. The molecule has 1 aromatic rings. The zero-order chi connectivity index (χ0) is 16.2. The summed E-state index contributed by atoms with van der Waals surface area (Å²) in [5, 5.41) is 11.6. The second kappa shape index (κ2) is 7.11. The minimum absolute atomic E-state index is 0.213. The van der Waals surface area contributed by atoms with Crippen molar-refractivity contribution in [3.63, 3.8) is 0 Å². The quantitative estimate of drug-likeness (QED) is 0.755. The van der Waals surface area contributed by atoms with Gasteiger partial charge < -0.3 is 15.2 Å². The summed E-state index contributed by atoms with van der Waals surface area (Å²) >= 11 is 2.20. The number of alkyl carbamates (subject to hydrolysis) is 1. The first kappa shape index (κ1) is 17.7. The fourth-order valence-electron chi connectivity index (χ4n) is 1.65. The van der Waals surface area contributed by atoms with E-state index in [4.69, 9.17) is 4.74 Å². The number of hydrogen-bond acceptors (Lipinski definition) is 3. The average Bonchev–Trinajstić information content (AvgIpc) is 2.30. The van der Waals surface area contributed by atoms with Gasteiger partial charge in [-0.1, -0.05) is 12.1 Å². The van der Waals surface area contributed by atoms with Crippen molar-refractivity contribution < 1.29 is 19.4 Å². The van der Waals surface area contributed by atoms with Gasteiger partial charge in [0.25, 0.3) is 0 Å². The zero-order valence-electron chi connectivity index (χ0n) is 12.6. The number of aliphatic carboxylic acids is 1. The van der Waals surface area contributed by atoms with Gasteiger partial charge in [0.2, 0.25) is 0 Å². The van der Waals surface area contributed by atoms with Crippen LogP contribution in [0.25, 0.3) is 0 Å². The lowest BCUT2D eigenvalue weighted by atomic mass is 10.0. The number of amides is 1. The van der Waals surface area contributed by atoms with E-state index in [2.05, 4.69) is 27.9 Å². The van der Waals surface area contributed by atoms with Gasteiger partial charge in [0.1, 0.15) is 11.6 Å². The van der Waals surface area contributed by atoms with Gasteiger partial charge in [0.15, 0.2) is 0 Å². The maximum absolute atomic E-state index is 11.7. The number of rotatable bonds is 4. The first-order chi connectivity index (χ1) is 9.58. The van der Waals surface area contributed by atoms with Crippen LogP contribution in [0, 0.1) is 10.5 Å². The van der Waals surface area contributed by atoms with Gasteiger partial charge in [0.05, 0.1) is 0 Å². The molecule has 0 spiro atoms. The predicted molar refractivity (Wildman–Crippen MR) is 88.4 cm³/mol. The van der Waals surface area contributed by atoms with Gasteiger partial charge >= 0.3 is 12.1 Å². The molecule has 0 fully saturated rings. The monoisotopic (exact) mass is 405 g/mol. The third kappa shape index (κ3) is 6.33. The van der Waals surface area contributed by atoms with E-state index in [1.807, 2.05) is 25.1 Å². The van der Waals surface area contributed by atoms with Crippen LogP contribution in [-0.2, 0) is 16.0 Å². The lowest BCUT2D eigenvalue weighted by Gasteiger charge is -2.22. The molecule has 0 bridgehead atoms. The van der Waals surface area contributed by atoms with Gasteiger partial charge in [0, 0.05) is 9.99 Å². The molecule has 0 aliphatic rings. The van der Waals surface area contributed by atoms with E-state index >= 15 is 0 Å². The molecule has 1 rings (SSSR count). The Kier molecular flexibility index (Phi) is 6.00. The van der Waals surface area contributed by atoms with Crippen molar-refractivity contribution in [2.75, 3.05) is 0 Å². The molecule has 5 nitrogen and oxygen atoms in total. The van der Waals surface area contributed by atoms with E-state index in [0.717, 1.165) is 14.7 Å².